The molecule has 0 spiro atoms. The smallest absolute Gasteiger partial charge is 0.317 e. The number of aliphatic carboxylic acids is 3. The monoisotopic (exact) mass is 538 g/mol. The van der Waals surface area contributed by atoms with Gasteiger partial charge in [0.05, 0.1) is 32.1 Å². The normalized spacial score (nSPS) is 23.6. The summed E-state index contributed by atoms with van der Waals surface area (Å²) < 4.78 is 0. The number of carboxylic acid groups (broad SMARTS) is 3. The first-order valence-electron chi connectivity index (χ1n) is 13.7. The fraction of sp³-hybridized carbons (Fsp3) is 0.808. The molecule has 3 rings (SSSR count). The average molecular weight is 539 g/mol. The highest BCUT2D eigenvalue weighted by Gasteiger charge is 2.38. The summed E-state index contributed by atoms with van der Waals surface area (Å²) in [4.78, 5) is 67.8. The maximum atomic E-state index is 13.1. The van der Waals surface area contributed by atoms with Crippen LogP contribution in [0.2, 0.25) is 0 Å². The van der Waals surface area contributed by atoms with Crippen molar-refractivity contribution in [3.05, 3.63) is 0 Å². The number of likely N-dealkylation sites (tertiary alicyclic amines) is 2. The van der Waals surface area contributed by atoms with Gasteiger partial charge in [0.15, 0.2) is 0 Å². The summed E-state index contributed by atoms with van der Waals surface area (Å²) in [5, 5.41) is 28.5. The molecule has 0 aromatic rings. The van der Waals surface area contributed by atoms with Crippen LogP contribution in [0.25, 0.3) is 0 Å². The van der Waals surface area contributed by atoms with Crippen LogP contribution in [0.5, 0.6) is 0 Å². The summed E-state index contributed by atoms with van der Waals surface area (Å²) in [5.41, 5.74) is 0. The minimum atomic E-state index is -1.09. The molecule has 2 saturated heterocycles. The second kappa shape index (κ2) is 13.9. The first kappa shape index (κ1) is 29.8. The van der Waals surface area contributed by atoms with Crippen molar-refractivity contribution in [3.63, 3.8) is 0 Å². The van der Waals surface area contributed by atoms with E-state index in [1.165, 1.54) is 0 Å². The van der Waals surface area contributed by atoms with Crippen molar-refractivity contribution in [2.75, 3.05) is 52.4 Å². The molecule has 3 fully saturated rings. The standard InChI is InChI=1S/C26H42N4O8/c1-18-6-10-27(11-7-18)22(31)14-29(16-24(33)34)20-4-2-3-5-21(20)30(17-25(35)36)15-23(32)28-12-8-19(9-13-28)26(37)38/h18-21H,2-17H2,1H3,(H,33,34)(H,35,36)(H,37,38). The molecule has 3 aliphatic rings. The molecule has 2 aliphatic heterocycles. The zero-order valence-electron chi connectivity index (χ0n) is 22.3. The highest BCUT2D eigenvalue weighted by Crippen LogP contribution is 2.28. The third kappa shape index (κ3) is 8.39. The highest BCUT2D eigenvalue weighted by molar-refractivity contribution is 5.80. The van der Waals surface area contributed by atoms with Crippen molar-refractivity contribution >= 4 is 29.7 Å². The van der Waals surface area contributed by atoms with Crippen LogP contribution in [0.15, 0.2) is 0 Å². The first-order valence-corrected chi connectivity index (χ1v) is 13.7. The van der Waals surface area contributed by atoms with Gasteiger partial charge in [0.2, 0.25) is 11.8 Å². The number of piperidine rings is 2. The van der Waals surface area contributed by atoms with Gasteiger partial charge in [-0.3, -0.25) is 33.8 Å². The minimum absolute atomic E-state index is 0.0561. The Kier molecular flexibility index (Phi) is 10.9. The van der Waals surface area contributed by atoms with E-state index in [1.54, 1.807) is 19.6 Å². The highest BCUT2D eigenvalue weighted by atomic mass is 16.4. The summed E-state index contributed by atoms with van der Waals surface area (Å²) in [5.74, 6) is -3.34. The van der Waals surface area contributed by atoms with E-state index in [1.807, 2.05) is 0 Å². The Morgan fingerprint density at radius 2 is 1.03 bits per heavy atom. The van der Waals surface area contributed by atoms with E-state index in [2.05, 4.69) is 6.92 Å². The topological polar surface area (TPSA) is 159 Å². The molecule has 0 bridgehead atoms. The lowest BCUT2D eigenvalue weighted by molar-refractivity contribution is -0.148. The average Bonchev–Trinajstić information content (AvgIpc) is 2.87. The van der Waals surface area contributed by atoms with E-state index in [4.69, 9.17) is 0 Å². The van der Waals surface area contributed by atoms with E-state index in [9.17, 15) is 39.3 Å². The molecule has 214 valence electrons. The van der Waals surface area contributed by atoms with Crippen LogP contribution < -0.4 is 0 Å². The molecule has 12 nitrogen and oxygen atoms in total. The van der Waals surface area contributed by atoms with Crippen molar-refractivity contribution in [3.8, 4) is 0 Å². The third-order valence-corrected chi connectivity index (χ3v) is 8.32. The second-order valence-electron chi connectivity index (χ2n) is 11.1. The van der Waals surface area contributed by atoms with Gasteiger partial charge in [-0.2, -0.15) is 0 Å². The SMILES string of the molecule is CC1CCN(C(=O)CN(CC(=O)O)C2CCCCC2N(CC(=O)O)CC(=O)N2CCC(C(=O)O)CC2)CC1. The molecular formula is C26H42N4O8. The third-order valence-electron chi connectivity index (χ3n) is 8.32. The number of hydrogen-bond acceptors (Lipinski definition) is 7. The first-order chi connectivity index (χ1) is 18.0. The Morgan fingerprint density at radius 3 is 1.39 bits per heavy atom. The van der Waals surface area contributed by atoms with E-state index in [-0.39, 0.29) is 44.0 Å². The van der Waals surface area contributed by atoms with E-state index in [0.29, 0.717) is 57.8 Å². The zero-order chi connectivity index (χ0) is 27.8. The van der Waals surface area contributed by atoms with Gasteiger partial charge in [0.25, 0.3) is 0 Å². The van der Waals surface area contributed by atoms with Gasteiger partial charge in [-0.05, 0) is 44.4 Å². The van der Waals surface area contributed by atoms with Crippen molar-refractivity contribution in [2.45, 2.75) is 70.4 Å². The molecule has 2 unspecified atom stereocenters. The Bertz CT molecular complexity index is 867. The molecule has 12 heteroatoms. The Hall–Kier alpha value is -2.73. The number of carbonyl (C=O) groups excluding carboxylic acids is 2. The van der Waals surface area contributed by atoms with Crippen molar-refractivity contribution in [1.29, 1.82) is 0 Å². The van der Waals surface area contributed by atoms with Gasteiger partial charge in [0.1, 0.15) is 0 Å². The van der Waals surface area contributed by atoms with Crippen LogP contribution >= 0.6 is 0 Å². The number of nitrogens with zero attached hydrogens (tertiary/aromatic N) is 4. The van der Waals surface area contributed by atoms with Gasteiger partial charge >= 0.3 is 17.9 Å². The van der Waals surface area contributed by atoms with Gasteiger partial charge in [-0.25, -0.2) is 0 Å². The fourth-order valence-corrected chi connectivity index (χ4v) is 6.05. The zero-order valence-corrected chi connectivity index (χ0v) is 22.3. The van der Waals surface area contributed by atoms with Gasteiger partial charge < -0.3 is 25.1 Å². The van der Waals surface area contributed by atoms with E-state index in [0.717, 1.165) is 25.7 Å². The molecule has 1 aliphatic carbocycles. The number of carbonyl (C=O) groups is 5. The molecule has 2 heterocycles. The van der Waals surface area contributed by atoms with Gasteiger partial charge in [-0.1, -0.05) is 19.8 Å². The van der Waals surface area contributed by atoms with Crippen LogP contribution in [0.1, 0.15) is 58.3 Å². The maximum Gasteiger partial charge on any atom is 0.317 e. The molecule has 38 heavy (non-hydrogen) atoms. The summed E-state index contributed by atoms with van der Waals surface area (Å²) in [6.07, 6.45) is 5.38. The van der Waals surface area contributed by atoms with Crippen molar-refractivity contribution in [1.82, 2.24) is 19.6 Å². The quantitative estimate of drug-likeness (QED) is 0.341. The lowest BCUT2D eigenvalue weighted by Crippen LogP contribution is -2.59. The number of amides is 2. The summed E-state index contributed by atoms with van der Waals surface area (Å²) >= 11 is 0. The van der Waals surface area contributed by atoms with Crippen molar-refractivity contribution < 1.29 is 39.3 Å². The van der Waals surface area contributed by atoms with Gasteiger partial charge in [0, 0.05) is 38.3 Å². The van der Waals surface area contributed by atoms with Crippen LogP contribution in [0.4, 0.5) is 0 Å². The minimum Gasteiger partial charge on any atom is -0.481 e. The molecule has 0 radical (unpaired) electrons. The number of carboxylic acids is 3. The van der Waals surface area contributed by atoms with Gasteiger partial charge in [-0.15, -0.1) is 0 Å². The molecule has 2 atom stereocenters. The van der Waals surface area contributed by atoms with Crippen LogP contribution in [0, 0.1) is 11.8 Å². The Labute approximate surface area is 223 Å². The summed E-state index contributed by atoms with van der Waals surface area (Å²) in [6, 6.07) is -0.772. The van der Waals surface area contributed by atoms with Crippen molar-refractivity contribution in [2.24, 2.45) is 11.8 Å². The fourth-order valence-electron chi connectivity index (χ4n) is 6.05. The lowest BCUT2D eigenvalue weighted by atomic mass is 9.87. The van der Waals surface area contributed by atoms with Crippen LogP contribution in [-0.2, 0) is 24.0 Å². The molecule has 0 aromatic carbocycles. The largest absolute Gasteiger partial charge is 0.481 e. The Balaban J connectivity index is 1.73. The van der Waals surface area contributed by atoms with Crippen LogP contribution in [0.3, 0.4) is 0 Å². The molecule has 3 N–H and O–H groups in total. The Morgan fingerprint density at radius 1 is 0.632 bits per heavy atom. The number of hydrogen-bond donors (Lipinski definition) is 3. The lowest BCUT2D eigenvalue weighted by Gasteiger charge is -2.45. The second-order valence-corrected chi connectivity index (χ2v) is 11.1. The van der Waals surface area contributed by atoms with Crippen LogP contribution in [-0.4, -0.2) is 129 Å². The predicted octanol–water partition coefficient (Wildman–Crippen LogP) is 0.653. The summed E-state index contributed by atoms with van der Waals surface area (Å²) in [7, 11) is 0. The maximum absolute atomic E-state index is 13.1. The van der Waals surface area contributed by atoms with E-state index < -0.39 is 29.9 Å². The molecule has 0 aromatic heterocycles. The molecule has 2 amide bonds. The molecule has 1 saturated carbocycles. The number of rotatable bonds is 11. The summed E-state index contributed by atoms with van der Waals surface area (Å²) in [6.45, 7) is 3.13. The predicted molar refractivity (Wildman–Crippen MR) is 136 cm³/mol. The molecular weight excluding hydrogens is 496 g/mol. The van der Waals surface area contributed by atoms with E-state index >= 15 is 0 Å².